The zero-order valence-corrected chi connectivity index (χ0v) is 13.1. The van der Waals surface area contributed by atoms with Gasteiger partial charge in [-0.15, -0.1) is 11.3 Å². The maximum absolute atomic E-state index is 11.7. The monoisotopic (exact) mass is 337 g/mol. The highest BCUT2D eigenvalue weighted by Gasteiger charge is 2.23. The lowest BCUT2D eigenvalue weighted by Crippen LogP contribution is -2.16. The number of aryl methyl sites for hydroxylation is 1. The van der Waals surface area contributed by atoms with E-state index in [9.17, 15) is 9.59 Å². The number of halogens is 1. The van der Waals surface area contributed by atoms with Crippen LogP contribution in [0.3, 0.4) is 0 Å². The van der Waals surface area contributed by atoms with E-state index in [1.165, 1.54) is 23.3 Å². The van der Waals surface area contributed by atoms with Gasteiger partial charge in [-0.3, -0.25) is 4.79 Å². The number of methoxy groups -OCH3 is 1. The predicted molar refractivity (Wildman–Crippen MR) is 73.0 cm³/mol. The Balaban J connectivity index is 3.12. The molecular weight excluding hydrogens is 326 g/mol. The summed E-state index contributed by atoms with van der Waals surface area (Å²) >= 11 is 5.72. The van der Waals surface area contributed by atoms with Gasteiger partial charge in [0.25, 0.3) is 5.24 Å². The van der Waals surface area contributed by atoms with Crippen LogP contribution in [-0.4, -0.2) is 37.3 Å². The fourth-order valence-corrected chi connectivity index (χ4v) is 3.77. The predicted octanol–water partition coefficient (Wildman–Crippen LogP) is 3.38. The molecule has 0 saturated heterocycles. The maximum atomic E-state index is 11.7. The first-order chi connectivity index (χ1) is 7.88. The van der Waals surface area contributed by atoms with Crippen molar-refractivity contribution < 1.29 is 14.3 Å². The van der Waals surface area contributed by atoms with E-state index in [1.807, 2.05) is 6.92 Å². The van der Waals surface area contributed by atoms with Crippen molar-refractivity contribution >= 4 is 50.2 Å². The van der Waals surface area contributed by atoms with E-state index in [0.717, 1.165) is 21.1 Å². The highest BCUT2D eigenvalue weighted by atomic mass is 79.9. The maximum Gasteiger partial charge on any atom is 0.349 e. The van der Waals surface area contributed by atoms with Crippen LogP contribution in [0.2, 0.25) is 0 Å². The van der Waals surface area contributed by atoms with Crippen molar-refractivity contribution in [3.05, 3.63) is 14.2 Å². The molecule has 0 aromatic carbocycles. The smallest absolute Gasteiger partial charge is 0.349 e. The van der Waals surface area contributed by atoms with Crippen molar-refractivity contribution in [2.24, 2.45) is 0 Å². The van der Waals surface area contributed by atoms with Gasteiger partial charge in [-0.25, -0.2) is 4.79 Å². The molecule has 0 aliphatic carbocycles. The number of esters is 1. The van der Waals surface area contributed by atoms with E-state index in [-0.39, 0.29) is 5.24 Å². The van der Waals surface area contributed by atoms with Crippen molar-refractivity contribution in [2.45, 2.75) is 11.8 Å². The first-order valence-corrected chi connectivity index (χ1v) is 7.07. The van der Waals surface area contributed by atoms with Crippen molar-refractivity contribution in [1.29, 1.82) is 0 Å². The van der Waals surface area contributed by atoms with Crippen LogP contribution in [0, 0.1) is 6.92 Å². The summed E-state index contributed by atoms with van der Waals surface area (Å²) in [5.74, 6) is -0.419. The van der Waals surface area contributed by atoms with Gasteiger partial charge in [-0.2, -0.15) is 0 Å². The van der Waals surface area contributed by atoms with Crippen molar-refractivity contribution in [3.8, 4) is 0 Å². The van der Waals surface area contributed by atoms with Gasteiger partial charge in [0.15, 0.2) is 0 Å². The van der Waals surface area contributed by atoms with Gasteiger partial charge in [-0.05, 0) is 34.6 Å². The summed E-state index contributed by atoms with van der Waals surface area (Å²) in [4.78, 5) is 26.7. The molecule has 0 spiro atoms. The molecule has 4 nitrogen and oxygen atoms in total. The third kappa shape index (κ3) is 3.23. The molecule has 1 rings (SSSR count). The van der Waals surface area contributed by atoms with E-state index in [0.29, 0.717) is 9.77 Å². The molecule has 1 heterocycles. The van der Waals surface area contributed by atoms with E-state index < -0.39 is 5.97 Å². The molecule has 7 heteroatoms. The molecule has 0 atom stereocenters. The summed E-state index contributed by atoms with van der Waals surface area (Å²) < 4.78 is 5.48. The zero-order chi connectivity index (χ0) is 13.2. The van der Waals surface area contributed by atoms with Gasteiger partial charge in [0.05, 0.1) is 12.0 Å². The molecule has 17 heavy (non-hydrogen) atoms. The Morgan fingerprint density at radius 1 is 1.41 bits per heavy atom. The van der Waals surface area contributed by atoms with Crippen LogP contribution in [0.15, 0.2) is 9.37 Å². The largest absolute Gasteiger partial charge is 0.465 e. The lowest BCUT2D eigenvalue weighted by atomic mass is 10.4. The van der Waals surface area contributed by atoms with Crippen LogP contribution in [0.4, 0.5) is 4.79 Å². The number of ether oxygens (including phenoxy) is 1. The Labute approximate surface area is 116 Å². The molecule has 1 aromatic rings. The summed E-state index contributed by atoms with van der Waals surface area (Å²) in [6, 6.07) is 0. The minimum atomic E-state index is -0.419. The summed E-state index contributed by atoms with van der Waals surface area (Å²) in [6.45, 7) is 1.88. The molecule has 0 aliphatic heterocycles. The fraction of sp³-hybridized carbons (Fsp3) is 0.400. The summed E-state index contributed by atoms with van der Waals surface area (Å²) in [7, 11) is 4.66. The van der Waals surface area contributed by atoms with Gasteiger partial charge in [0, 0.05) is 23.4 Å². The van der Waals surface area contributed by atoms with Crippen molar-refractivity contribution in [1.82, 2.24) is 4.90 Å². The van der Waals surface area contributed by atoms with Gasteiger partial charge >= 0.3 is 5.97 Å². The second kappa shape index (κ2) is 5.88. The van der Waals surface area contributed by atoms with Crippen LogP contribution in [0.5, 0.6) is 0 Å². The van der Waals surface area contributed by atoms with E-state index >= 15 is 0 Å². The average Bonchev–Trinajstić information content (AvgIpc) is 2.56. The number of rotatable bonds is 2. The van der Waals surface area contributed by atoms with Crippen LogP contribution in [-0.2, 0) is 4.74 Å². The second-order valence-electron chi connectivity index (χ2n) is 3.38. The zero-order valence-electron chi connectivity index (χ0n) is 9.87. The van der Waals surface area contributed by atoms with E-state index in [1.54, 1.807) is 14.1 Å². The Kier molecular flexibility index (Phi) is 5.03. The third-order valence-electron chi connectivity index (χ3n) is 1.90. The molecule has 94 valence electrons. The molecule has 0 N–H and O–H groups in total. The number of hydrogen-bond donors (Lipinski definition) is 0. The van der Waals surface area contributed by atoms with Crippen LogP contribution < -0.4 is 0 Å². The average molecular weight is 338 g/mol. The molecule has 1 aromatic heterocycles. The Hall–Kier alpha value is -0.530. The number of carbonyl (C=O) groups excluding carboxylic acids is 2. The topological polar surface area (TPSA) is 46.6 Å². The number of hydrogen-bond acceptors (Lipinski definition) is 5. The Morgan fingerprint density at radius 3 is 2.47 bits per heavy atom. The quantitative estimate of drug-likeness (QED) is 0.613. The van der Waals surface area contributed by atoms with Crippen LogP contribution in [0.1, 0.15) is 14.5 Å². The van der Waals surface area contributed by atoms with Crippen molar-refractivity contribution in [3.63, 3.8) is 0 Å². The summed E-state index contributed by atoms with van der Waals surface area (Å²) in [6.07, 6.45) is 0. The first-order valence-electron chi connectivity index (χ1n) is 4.64. The molecule has 1 amide bonds. The molecule has 0 saturated carbocycles. The van der Waals surface area contributed by atoms with Crippen LogP contribution in [0.25, 0.3) is 0 Å². The minimum absolute atomic E-state index is 0.131. The van der Waals surface area contributed by atoms with Gasteiger partial charge in [0.1, 0.15) is 4.88 Å². The van der Waals surface area contributed by atoms with E-state index in [4.69, 9.17) is 4.74 Å². The molecule has 0 unspecified atom stereocenters. The Morgan fingerprint density at radius 2 is 2.00 bits per heavy atom. The third-order valence-corrected chi connectivity index (χ3v) is 5.78. The molecule has 0 fully saturated rings. The minimum Gasteiger partial charge on any atom is -0.465 e. The number of thioether (sulfide) groups is 1. The van der Waals surface area contributed by atoms with Gasteiger partial charge in [-0.1, -0.05) is 0 Å². The molecular formula is C10H12BrNO3S2. The number of amides is 1. The normalized spacial score (nSPS) is 10.2. The second-order valence-corrected chi connectivity index (χ2v) is 6.36. The van der Waals surface area contributed by atoms with Gasteiger partial charge < -0.3 is 9.64 Å². The molecule has 0 aliphatic rings. The SMILES string of the molecule is COC(=O)c1sc(C)c(Br)c1SC(=O)N(C)C. The highest BCUT2D eigenvalue weighted by molar-refractivity contribution is 9.10. The van der Waals surface area contributed by atoms with E-state index in [2.05, 4.69) is 15.9 Å². The van der Waals surface area contributed by atoms with Crippen molar-refractivity contribution in [2.75, 3.05) is 21.2 Å². The Bertz CT molecular complexity index is 457. The fourth-order valence-electron chi connectivity index (χ4n) is 1.00. The lowest BCUT2D eigenvalue weighted by Gasteiger charge is -2.09. The number of carbonyl (C=O) groups is 2. The standard InChI is InChI=1S/C10H12BrNO3S2/c1-5-6(11)7(17-10(14)12(2)3)8(16-5)9(13)15-4/h1-4H3. The number of nitrogens with zero attached hydrogens (tertiary/aromatic N) is 1. The summed E-state index contributed by atoms with van der Waals surface area (Å²) in [5, 5.41) is -0.131. The van der Waals surface area contributed by atoms with Crippen LogP contribution >= 0.6 is 39.0 Å². The molecule has 0 bridgehead atoms. The molecule has 0 radical (unpaired) electrons. The first kappa shape index (κ1) is 14.5. The lowest BCUT2D eigenvalue weighted by molar-refractivity contribution is 0.0602. The number of thiophene rings is 1. The van der Waals surface area contributed by atoms with Gasteiger partial charge in [0.2, 0.25) is 0 Å². The summed E-state index contributed by atoms with van der Waals surface area (Å²) in [5.41, 5.74) is 0. The highest BCUT2D eigenvalue weighted by Crippen LogP contribution is 2.40.